The first-order valence-corrected chi connectivity index (χ1v) is 24.0. The summed E-state index contributed by atoms with van der Waals surface area (Å²) in [4.78, 5) is 15.6. The SMILES string of the molecule is Cc1cc(-n2c3ccccc3c3cc(-n4c5ccccc5c5ccccc54)c4c(c5ccccc5n4-c4ccccc4)c32)c2c(oc3ccccc32)c1-c1nc(-c2ccccc2)nc(-c2ccccc2)n1. The molecule has 0 saturated heterocycles. The molecule has 15 aromatic rings. The predicted molar refractivity (Wildman–Crippen MR) is 291 cm³/mol. The number of hydrogen-bond acceptors (Lipinski definition) is 4. The topological polar surface area (TPSA) is 66.6 Å². The van der Waals surface area contributed by atoms with Crippen molar-refractivity contribution in [1.29, 1.82) is 0 Å². The number of furan rings is 1. The van der Waals surface area contributed by atoms with Gasteiger partial charge in [0.25, 0.3) is 0 Å². The van der Waals surface area contributed by atoms with Gasteiger partial charge in [0, 0.05) is 54.5 Å². The quantitative estimate of drug-likeness (QED) is 0.167. The number of aryl methyl sites for hydroxylation is 1. The molecule has 0 fully saturated rings. The van der Waals surface area contributed by atoms with Crippen LogP contribution in [0, 0.1) is 6.92 Å². The Labute approximate surface area is 406 Å². The Bertz CT molecular complexity index is 4530. The summed E-state index contributed by atoms with van der Waals surface area (Å²) in [5, 5.41) is 9.07. The maximum absolute atomic E-state index is 7.12. The minimum Gasteiger partial charge on any atom is -0.455 e. The van der Waals surface area contributed by atoms with Crippen molar-refractivity contribution in [2.45, 2.75) is 6.92 Å². The third-order valence-corrected chi connectivity index (χ3v) is 14.4. The van der Waals surface area contributed by atoms with E-state index in [9.17, 15) is 0 Å². The molecule has 10 aromatic carbocycles. The van der Waals surface area contributed by atoms with Crippen LogP contribution in [0.5, 0.6) is 0 Å². The lowest BCUT2D eigenvalue weighted by Crippen LogP contribution is -2.03. The van der Waals surface area contributed by atoms with Crippen LogP contribution in [0.4, 0.5) is 0 Å². The molecule has 0 aliphatic rings. The van der Waals surface area contributed by atoms with Gasteiger partial charge < -0.3 is 18.1 Å². The minimum atomic E-state index is 0.553. The fourth-order valence-electron chi connectivity index (χ4n) is 11.4. The highest BCUT2D eigenvalue weighted by atomic mass is 16.3. The Hall–Kier alpha value is -9.59. The van der Waals surface area contributed by atoms with Gasteiger partial charge in [0.15, 0.2) is 17.5 Å². The summed E-state index contributed by atoms with van der Waals surface area (Å²) in [6, 6.07) is 79.6. The fraction of sp³-hybridized carbons (Fsp3) is 0.0156. The van der Waals surface area contributed by atoms with Gasteiger partial charge in [-0.1, -0.05) is 170 Å². The van der Waals surface area contributed by atoms with E-state index in [-0.39, 0.29) is 0 Å². The van der Waals surface area contributed by atoms with E-state index in [2.05, 4.69) is 178 Å². The molecule has 0 atom stereocenters. The van der Waals surface area contributed by atoms with Crippen molar-refractivity contribution in [3.63, 3.8) is 0 Å². The van der Waals surface area contributed by atoms with Gasteiger partial charge in [0.2, 0.25) is 0 Å². The Morgan fingerprint density at radius 3 is 1.42 bits per heavy atom. The standard InChI is InChI=1S/C64H40N6O/c1-39-37-53(57-47-31-15-20-36-55(47)71-61(57)56(39)64-66-62(40-21-5-2-6-22-40)65-63(67-64)41-23-7-3-8-24-41)70-51-34-18-13-29-45(51)48-38-54(69-49-32-16-11-27-43(49)44-28-12-17-33-50(44)69)60-58(59(48)70)46-30-14-19-35-52(46)68(60)42-25-9-4-10-26-42/h2-38H,1H3. The van der Waals surface area contributed by atoms with Gasteiger partial charge >= 0.3 is 0 Å². The average molecular weight is 909 g/mol. The van der Waals surface area contributed by atoms with Crippen molar-refractivity contribution in [3.8, 4) is 51.2 Å². The second-order valence-corrected chi connectivity index (χ2v) is 18.4. The van der Waals surface area contributed by atoms with E-state index >= 15 is 0 Å². The minimum absolute atomic E-state index is 0.553. The number of para-hydroxylation sites is 6. The van der Waals surface area contributed by atoms with Gasteiger partial charge in [-0.3, -0.25) is 0 Å². The van der Waals surface area contributed by atoms with Crippen LogP contribution >= 0.6 is 0 Å². The second-order valence-electron chi connectivity index (χ2n) is 18.4. The normalized spacial score (nSPS) is 12.0. The lowest BCUT2D eigenvalue weighted by Gasteiger charge is -2.17. The predicted octanol–water partition coefficient (Wildman–Crippen LogP) is 16.4. The molecule has 71 heavy (non-hydrogen) atoms. The molecule has 7 nitrogen and oxygen atoms in total. The van der Waals surface area contributed by atoms with Gasteiger partial charge in [0.05, 0.1) is 55.4 Å². The lowest BCUT2D eigenvalue weighted by molar-refractivity contribution is 0.669. The maximum atomic E-state index is 7.12. The van der Waals surface area contributed by atoms with Crippen molar-refractivity contribution in [3.05, 3.63) is 230 Å². The lowest BCUT2D eigenvalue weighted by atomic mass is 10.00. The molecular weight excluding hydrogens is 869 g/mol. The van der Waals surface area contributed by atoms with Crippen molar-refractivity contribution >= 4 is 87.4 Å². The Balaban J connectivity index is 1.12. The van der Waals surface area contributed by atoms with Crippen LogP contribution in [0.1, 0.15) is 5.56 Å². The molecule has 0 unspecified atom stereocenters. The highest BCUT2D eigenvalue weighted by molar-refractivity contribution is 6.29. The molecule has 5 heterocycles. The summed E-state index contributed by atoms with van der Waals surface area (Å²) in [7, 11) is 0. The molecule has 0 saturated carbocycles. The Kier molecular flexibility index (Phi) is 8.44. The summed E-state index contributed by atoms with van der Waals surface area (Å²) >= 11 is 0. The highest BCUT2D eigenvalue weighted by Crippen LogP contribution is 2.49. The van der Waals surface area contributed by atoms with Gasteiger partial charge in [-0.05, 0) is 67.1 Å². The van der Waals surface area contributed by atoms with Crippen LogP contribution < -0.4 is 0 Å². The van der Waals surface area contributed by atoms with Crippen molar-refractivity contribution < 1.29 is 4.42 Å². The molecule has 0 bridgehead atoms. The molecule has 0 radical (unpaired) electrons. The van der Waals surface area contributed by atoms with Gasteiger partial charge in [-0.25, -0.2) is 15.0 Å². The van der Waals surface area contributed by atoms with E-state index < -0.39 is 0 Å². The number of benzene rings is 10. The third kappa shape index (κ3) is 5.74. The largest absolute Gasteiger partial charge is 0.455 e. The van der Waals surface area contributed by atoms with Crippen molar-refractivity contribution in [2.24, 2.45) is 0 Å². The van der Waals surface area contributed by atoms with E-state index in [1.54, 1.807) is 0 Å². The Morgan fingerprint density at radius 2 is 0.817 bits per heavy atom. The second kappa shape index (κ2) is 15.2. The van der Waals surface area contributed by atoms with E-state index in [1.165, 1.54) is 10.8 Å². The smallest absolute Gasteiger partial charge is 0.168 e. The molecular formula is C64H40N6O. The highest BCUT2D eigenvalue weighted by Gasteiger charge is 2.29. The molecule has 15 rings (SSSR count). The van der Waals surface area contributed by atoms with Crippen LogP contribution in [0.3, 0.4) is 0 Å². The van der Waals surface area contributed by atoms with Crippen molar-refractivity contribution in [2.75, 3.05) is 0 Å². The molecule has 332 valence electrons. The number of hydrogen-bond donors (Lipinski definition) is 0. The van der Waals surface area contributed by atoms with Crippen molar-refractivity contribution in [1.82, 2.24) is 28.7 Å². The number of rotatable bonds is 6. The first-order chi connectivity index (χ1) is 35.2. The van der Waals surface area contributed by atoms with E-state index in [0.717, 1.165) is 116 Å². The molecule has 5 aromatic heterocycles. The molecule has 0 N–H and O–H groups in total. The van der Waals surface area contributed by atoms with Gasteiger partial charge in [-0.15, -0.1) is 0 Å². The number of nitrogens with zero attached hydrogens (tertiary/aromatic N) is 6. The zero-order valence-corrected chi connectivity index (χ0v) is 38.5. The summed E-state index contributed by atoms with van der Waals surface area (Å²) in [6.45, 7) is 2.16. The van der Waals surface area contributed by atoms with Gasteiger partial charge in [0.1, 0.15) is 11.2 Å². The third-order valence-electron chi connectivity index (χ3n) is 14.4. The monoisotopic (exact) mass is 908 g/mol. The van der Waals surface area contributed by atoms with Crippen LogP contribution in [0.15, 0.2) is 229 Å². The van der Waals surface area contributed by atoms with E-state index in [1.807, 2.05) is 66.7 Å². The number of fused-ring (bicyclic) bond motifs is 13. The van der Waals surface area contributed by atoms with E-state index in [0.29, 0.717) is 17.5 Å². The first kappa shape index (κ1) is 39.4. The summed E-state index contributed by atoms with van der Waals surface area (Å²) in [5.74, 6) is 1.75. The maximum Gasteiger partial charge on any atom is 0.168 e. The first-order valence-electron chi connectivity index (χ1n) is 24.0. The zero-order chi connectivity index (χ0) is 46.7. The van der Waals surface area contributed by atoms with Crippen LogP contribution in [-0.2, 0) is 0 Å². The van der Waals surface area contributed by atoms with Gasteiger partial charge in [-0.2, -0.15) is 0 Å². The number of aromatic nitrogens is 6. The summed E-state index contributed by atoms with van der Waals surface area (Å²) in [5.41, 5.74) is 15.1. The van der Waals surface area contributed by atoms with Crippen LogP contribution in [0.2, 0.25) is 0 Å². The Morgan fingerprint density at radius 1 is 0.352 bits per heavy atom. The van der Waals surface area contributed by atoms with Crippen LogP contribution in [0.25, 0.3) is 139 Å². The fourth-order valence-corrected chi connectivity index (χ4v) is 11.4. The summed E-state index contributed by atoms with van der Waals surface area (Å²) in [6.07, 6.45) is 0. The molecule has 0 aliphatic carbocycles. The summed E-state index contributed by atoms with van der Waals surface area (Å²) < 4.78 is 14.6. The molecule has 0 amide bonds. The zero-order valence-electron chi connectivity index (χ0n) is 38.5. The average Bonchev–Trinajstić information content (AvgIpc) is 4.19. The molecule has 7 heteroatoms. The van der Waals surface area contributed by atoms with Crippen LogP contribution in [-0.4, -0.2) is 28.7 Å². The molecule has 0 aliphatic heterocycles. The van der Waals surface area contributed by atoms with E-state index in [4.69, 9.17) is 19.4 Å². The molecule has 0 spiro atoms.